The number of hydrogen-bond donors (Lipinski definition) is 3. The molecule has 81 heavy (non-hydrogen) atoms. The monoisotopic (exact) mass is 1140 g/mol. The third-order valence-corrected chi connectivity index (χ3v) is 16.8. The Kier molecular flexibility index (Phi) is 68.4. The summed E-state index contributed by atoms with van der Waals surface area (Å²) in [5, 5.41) is 23.3. The van der Waals surface area contributed by atoms with Gasteiger partial charge in [0.15, 0.2) is 0 Å². The Morgan fingerprint density at radius 1 is 0.346 bits per heavy atom. The first kappa shape index (κ1) is 78.8. The Bertz CT molecular complexity index is 1360. The van der Waals surface area contributed by atoms with Gasteiger partial charge in [0.25, 0.3) is 0 Å². The van der Waals surface area contributed by atoms with Gasteiger partial charge in [-0.05, 0) is 83.5 Å². The zero-order valence-electron chi connectivity index (χ0n) is 54.5. The van der Waals surface area contributed by atoms with Crippen molar-refractivity contribution in [3.05, 3.63) is 48.6 Å². The molecule has 0 saturated carbocycles. The lowest BCUT2D eigenvalue weighted by Crippen LogP contribution is -2.45. The highest BCUT2D eigenvalue weighted by molar-refractivity contribution is 5.76. The summed E-state index contributed by atoms with van der Waals surface area (Å²) >= 11 is 0. The van der Waals surface area contributed by atoms with Crippen LogP contribution in [0.5, 0.6) is 0 Å². The molecule has 0 spiro atoms. The molecule has 2 atom stereocenters. The maximum absolute atomic E-state index is 12.5. The van der Waals surface area contributed by atoms with Gasteiger partial charge in [-0.2, -0.15) is 0 Å². The van der Waals surface area contributed by atoms with E-state index in [0.717, 1.165) is 57.8 Å². The summed E-state index contributed by atoms with van der Waals surface area (Å²) in [7, 11) is 0. The van der Waals surface area contributed by atoms with Crippen LogP contribution in [0.15, 0.2) is 48.6 Å². The zero-order valence-corrected chi connectivity index (χ0v) is 54.5. The van der Waals surface area contributed by atoms with Crippen molar-refractivity contribution in [1.29, 1.82) is 0 Å². The second-order valence-electron chi connectivity index (χ2n) is 24.9. The van der Waals surface area contributed by atoms with Crippen molar-refractivity contribution < 1.29 is 24.5 Å². The SMILES string of the molecule is CCC/C=C\C/C=C\CCCCCCCC(=O)OCCCCCCCCCCCCCCC/C=C\C/C=C\CCCCCCCCCCCCCCCCCCCC(=O)NC(CO)C(O)CCCCCCCCCCCCCCCC. The van der Waals surface area contributed by atoms with E-state index in [4.69, 9.17) is 4.74 Å². The Balaban J connectivity index is 3.36. The number of aliphatic hydroxyl groups excluding tert-OH is 2. The van der Waals surface area contributed by atoms with Crippen molar-refractivity contribution in [2.24, 2.45) is 0 Å². The van der Waals surface area contributed by atoms with Gasteiger partial charge in [0.1, 0.15) is 0 Å². The van der Waals surface area contributed by atoms with Crippen LogP contribution >= 0.6 is 0 Å². The minimum absolute atomic E-state index is 0.00335. The first-order valence-electron chi connectivity index (χ1n) is 36.4. The molecule has 0 radical (unpaired) electrons. The second kappa shape index (κ2) is 70.3. The quantitative estimate of drug-likeness (QED) is 0.0320. The normalized spacial score (nSPS) is 12.8. The third kappa shape index (κ3) is 66.8. The van der Waals surface area contributed by atoms with Crippen LogP contribution in [0.25, 0.3) is 0 Å². The number of esters is 1. The molecule has 0 aromatic heterocycles. The molecule has 0 aromatic rings. The molecule has 3 N–H and O–H groups in total. The summed E-state index contributed by atoms with van der Waals surface area (Å²) in [4.78, 5) is 24.5. The average Bonchev–Trinajstić information content (AvgIpc) is 3.47. The highest BCUT2D eigenvalue weighted by Gasteiger charge is 2.20. The van der Waals surface area contributed by atoms with Crippen molar-refractivity contribution >= 4 is 11.9 Å². The van der Waals surface area contributed by atoms with E-state index in [1.807, 2.05) is 0 Å². The van der Waals surface area contributed by atoms with Crippen LogP contribution in [0.1, 0.15) is 393 Å². The molecule has 2 unspecified atom stereocenters. The fraction of sp³-hybridized carbons (Fsp3) is 0.867. The number of aliphatic hydroxyl groups is 2. The van der Waals surface area contributed by atoms with Crippen molar-refractivity contribution in [3.63, 3.8) is 0 Å². The first-order valence-corrected chi connectivity index (χ1v) is 36.4. The van der Waals surface area contributed by atoms with E-state index in [9.17, 15) is 19.8 Å². The maximum Gasteiger partial charge on any atom is 0.305 e. The molecule has 0 rings (SSSR count). The largest absolute Gasteiger partial charge is 0.466 e. The number of rotatable bonds is 68. The lowest BCUT2D eigenvalue weighted by Gasteiger charge is -2.22. The van der Waals surface area contributed by atoms with E-state index in [2.05, 4.69) is 67.8 Å². The van der Waals surface area contributed by atoms with E-state index >= 15 is 0 Å². The summed E-state index contributed by atoms with van der Waals surface area (Å²) in [6.07, 6.45) is 91.8. The molecule has 1 amide bonds. The minimum atomic E-state index is -0.662. The second-order valence-corrected chi connectivity index (χ2v) is 24.9. The summed E-state index contributed by atoms with van der Waals surface area (Å²) in [6.45, 7) is 4.91. The van der Waals surface area contributed by atoms with Crippen molar-refractivity contribution in [2.75, 3.05) is 13.2 Å². The molecule has 6 heteroatoms. The molecular formula is C75H141NO5. The van der Waals surface area contributed by atoms with Crippen molar-refractivity contribution in [2.45, 2.75) is 405 Å². The standard InChI is InChI=1S/C75H141NO5/c1-3-5-7-9-11-13-15-17-44-47-51-55-59-63-67-73(78)72(71-77)76-74(79)68-64-60-56-52-48-45-41-39-37-35-33-31-29-27-25-23-21-19-18-20-22-24-26-28-30-32-34-36-38-40-42-46-50-54-58-62-66-70-81-75(80)69-65-61-57-53-49-43-16-14-12-10-8-6-4-2/h8,10,14,16,18,20,24,26,72-73,77-78H,3-7,9,11-13,15,17,19,21-23,25,27-71H2,1-2H3,(H,76,79)/b10-8-,16-14-,20-18-,26-24-. The molecule has 6 nitrogen and oxygen atoms in total. The van der Waals surface area contributed by atoms with Gasteiger partial charge in [0.05, 0.1) is 25.4 Å². The highest BCUT2D eigenvalue weighted by atomic mass is 16.5. The van der Waals surface area contributed by atoms with Crippen LogP contribution in [0.4, 0.5) is 0 Å². The van der Waals surface area contributed by atoms with E-state index in [1.165, 1.54) is 302 Å². The number of allylic oxidation sites excluding steroid dienone is 8. The molecule has 0 fully saturated rings. The Morgan fingerprint density at radius 2 is 0.642 bits per heavy atom. The number of amides is 1. The number of nitrogens with one attached hydrogen (secondary N) is 1. The molecule has 0 heterocycles. The van der Waals surface area contributed by atoms with Gasteiger partial charge in [-0.15, -0.1) is 0 Å². The molecule has 0 bridgehead atoms. The number of hydrogen-bond acceptors (Lipinski definition) is 5. The molecule has 0 aliphatic rings. The van der Waals surface area contributed by atoms with Gasteiger partial charge in [0, 0.05) is 12.8 Å². The van der Waals surface area contributed by atoms with Gasteiger partial charge in [0.2, 0.25) is 5.91 Å². The van der Waals surface area contributed by atoms with Gasteiger partial charge in [-0.3, -0.25) is 9.59 Å². The van der Waals surface area contributed by atoms with Crippen LogP contribution in [0.2, 0.25) is 0 Å². The third-order valence-electron chi connectivity index (χ3n) is 16.8. The number of unbranched alkanes of at least 4 members (excludes halogenated alkanes) is 49. The Hall–Kier alpha value is -2.18. The van der Waals surface area contributed by atoms with Crippen LogP contribution in [-0.2, 0) is 14.3 Å². The fourth-order valence-electron chi connectivity index (χ4n) is 11.3. The Labute approximate surface area is 506 Å². The number of carbonyl (C=O) groups is 2. The number of ether oxygens (including phenoxy) is 1. The van der Waals surface area contributed by atoms with Crippen LogP contribution in [0.3, 0.4) is 0 Å². The van der Waals surface area contributed by atoms with Crippen LogP contribution < -0.4 is 5.32 Å². The topological polar surface area (TPSA) is 95.9 Å². The summed E-state index contributed by atoms with van der Waals surface area (Å²) in [5.41, 5.74) is 0. The molecular weight excluding hydrogens is 995 g/mol. The highest BCUT2D eigenvalue weighted by Crippen LogP contribution is 2.19. The van der Waals surface area contributed by atoms with Gasteiger partial charge in [-0.25, -0.2) is 0 Å². The molecule has 0 aliphatic heterocycles. The summed E-state index contributed by atoms with van der Waals surface area (Å²) in [5.74, 6) is -0.0268. The smallest absolute Gasteiger partial charge is 0.305 e. The predicted molar refractivity (Wildman–Crippen MR) is 356 cm³/mol. The fourth-order valence-corrected chi connectivity index (χ4v) is 11.3. The Morgan fingerprint density at radius 3 is 0.988 bits per heavy atom. The van der Waals surface area contributed by atoms with Gasteiger partial charge < -0.3 is 20.3 Å². The molecule has 476 valence electrons. The molecule has 0 saturated heterocycles. The van der Waals surface area contributed by atoms with E-state index in [1.54, 1.807) is 0 Å². The van der Waals surface area contributed by atoms with E-state index in [0.29, 0.717) is 25.9 Å². The van der Waals surface area contributed by atoms with Gasteiger partial charge >= 0.3 is 5.97 Å². The van der Waals surface area contributed by atoms with E-state index < -0.39 is 12.1 Å². The molecule has 0 aromatic carbocycles. The maximum atomic E-state index is 12.5. The summed E-state index contributed by atoms with van der Waals surface area (Å²) < 4.78 is 5.48. The summed E-state index contributed by atoms with van der Waals surface area (Å²) in [6, 6.07) is -0.539. The number of carbonyl (C=O) groups excluding carboxylic acids is 2. The van der Waals surface area contributed by atoms with Gasteiger partial charge in [-0.1, -0.05) is 345 Å². The van der Waals surface area contributed by atoms with Crippen molar-refractivity contribution in [3.8, 4) is 0 Å². The van der Waals surface area contributed by atoms with E-state index in [-0.39, 0.29) is 18.5 Å². The first-order chi connectivity index (χ1) is 40.0. The van der Waals surface area contributed by atoms with Crippen LogP contribution in [-0.4, -0.2) is 47.4 Å². The van der Waals surface area contributed by atoms with Crippen molar-refractivity contribution in [1.82, 2.24) is 5.32 Å². The lowest BCUT2D eigenvalue weighted by atomic mass is 10.0. The van der Waals surface area contributed by atoms with Crippen LogP contribution in [0, 0.1) is 0 Å². The lowest BCUT2D eigenvalue weighted by molar-refractivity contribution is -0.143. The predicted octanol–water partition coefficient (Wildman–Crippen LogP) is 23.6. The average molecular weight is 1140 g/mol. The molecule has 0 aliphatic carbocycles. The minimum Gasteiger partial charge on any atom is -0.466 e. The zero-order chi connectivity index (χ0) is 58.5.